The molecule has 0 aliphatic carbocycles. The Kier molecular flexibility index (Phi) is 6.84. The number of anilines is 2. The highest BCUT2D eigenvalue weighted by Crippen LogP contribution is 2.27. The number of aromatic nitrogens is 3. The maximum atomic E-state index is 11.0. The zero-order valence-electron chi connectivity index (χ0n) is 16.7. The van der Waals surface area contributed by atoms with Gasteiger partial charge in [-0.05, 0) is 68.2 Å². The minimum absolute atomic E-state index is 0.233. The van der Waals surface area contributed by atoms with Crippen LogP contribution in [0.15, 0.2) is 54.3 Å². The average Bonchev–Trinajstić information content (AvgIpc) is 3.14. The number of hydrogen-bond acceptors (Lipinski definition) is 5. The van der Waals surface area contributed by atoms with Gasteiger partial charge in [0.1, 0.15) is 5.76 Å². The third-order valence-electron chi connectivity index (χ3n) is 4.67. The van der Waals surface area contributed by atoms with Gasteiger partial charge in [-0.25, -0.2) is 9.48 Å². The topological polar surface area (TPSA) is 89.3 Å². The predicted molar refractivity (Wildman–Crippen MR) is 113 cm³/mol. The van der Waals surface area contributed by atoms with Crippen LogP contribution in [0.1, 0.15) is 54.8 Å². The second-order valence-electron chi connectivity index (χ2n) is 6.74. The molecule has 7 heteroatoms. The lowest BCUT2D eigenvalue weighted by Gasteiger charge is -2.19. The number of fused-ring (bicyclic) bond motifs is 1. The lowest BCUT2D eigenvalue weighted by molar-refractivity contribution is 0.0697. The maximum absolute atomic E-state index is 11.0. The first-order valence-corrected chi connectivity index (χ1v) is 9.75. The van der Waals surface area contributed by atoms with Gasteiger partial charge in [0.2, 0.25) is 5.95 Å². The normalized spacial score (nSPS) is 16.1. The largest absolute Gasteiger partial charge is 0.497 e. The summed E-state index contributed by atoms with van der Waals surface area (Å²) in [5.41, 5.74) is 0.988. The lowest BCUT2D eigenvalue weighted by atomic mass is 10.0. The number of carbonyl (C=O) groups is 1. The molecule has 1 unspecified atom stereocenters. The molecule has 7 nitrogen and oxygen atoms in total. The van der Waals surface area contributed by atoms with Crippen molar-refractivity contribution in [2.75, 3.05) is 12.4 Å². The molecule has 0 spiro atoms. The van der Waals surface area contributed by atoms with E-state index in [1.165, 1.54) is 0 Å². The van der Waals surface area contributed by atoms with Crippen LogP contribution < -0.4 is 5.32 Å². The highest BCUT2D eigenvalue weighted by molar-refractivity contribution is 5.88. The number of nitrogens with zero attached hydrogens (tertiary/aromatic N) is 3. The third-order valence-corrected chi connectivity index (χ3v) is 4.67. The molecule has 1 atom stereocenters. The van der Waals surface area contributed by atoms with Crippen molar-refractivity contribution in [3.63, 3.8) is 0 Å². The van der Waals surface area contributed by atoms with E-state index in [-0.39, 0.29) is 11.6 Å². The van der Waals surface area contributed by atoms with Gasteiger partial charge >= 0.3 is 5.97 Å². The lowest BCUT2D eigenvalue weighted by Crippen LogP contribution is -2.14. The number of rotatable bonds is 9. The van der Waals surface area contributed by atoms with Crippen LogP contribution in [0.5, 0.6) is 0 Å². The summed E-state index contributed by atoms with van der Waals surface area (Å²) in [6, 6.07) is 6.75. The number of ether oxygens (including phenoxy) is 1. The Morgan fingerprint density at radius 2 is 2.17 bits per heavy atom. The van der Waals surface area contributed by atoms with Crippen LogP contribution in [0.4, 0.5) is 11.6 Å². The van der Waals surface area contributed by atoms with E-state index in [2.05, 4.69) is 40.6 Å². The van der Waals surface area contributed by atoms with Gasteiger partial charge in [0.05, 0.1) is 18.7 Å². The summed E-state index contributed by atoms with van der Waals surface area (Å²) in [5.74, 6) is 1.24. The van der Waals surface area contributed by atoms with E-state index in [1.807, 2.05) is 16.8 Å². The van der Waals surface area contributed by atoms with Crippen LogP contribution in [0.25, 0.3) is 6.08 Å². The molecule has 3 rings (SSSR count). The van der Waals surface area contributed by atoms with Crippen molar-refractivity contribution < 1.29 is 14.6 Å². The van der Waals surface area contributed by atoms with E-state index in [1.54, 1.807) is 31.4 Å². The molecule has 0 bridgehead atoms. The van der Waals surface area contributed by atoms with E-state index in [0.29, 0.717) is 5.95 Å². The SMILES string of the molecule is CCC=CC(=CCCC1CC=Cc2nc(Nc3ccc(C(=O)O)cc3)nn21)OC. The van der Waals surface area contributed by atoms with Crippen molar-refractivity contribution in [2.45, 2.75) is 38.6 Å². The summed E-state index contributed by atoms with van der Waals surface area (Å²) >= 11 is 0. The number of allylic oxidation sites excluding steroid dienone is 4. The first-order chi connectivity index (χ1) is 14.1. The monoisotopic (exact) mass is 394 g/mol. The van der Waals surface area contributed by atoms with Crippen molar-refractivity contribution in [1.82, 2.24) is 14.8 Å². The van der Waals surface area contributed by atoms with Crippen LogP contribution in [0.3, 0.4) is 0 Å². The van der Waals surface area contributed by atoms with Crippen LogP contribution >= 0.6 is 0 Å². The predicted octanol–water partition coefficient (Wildman–Crippen LogP) is 4.95. The van der Waals surface area contributed by atoms with E-state index >= 15 is 0 Å². The van der Waals surface area contributed by atoms with Gasteiger partial charge < -0.3 is 15.2 Å². The average molecular weight is 394 g/mol. The van der Waals surface area contributed by atoms with Gasteiger partial charge in [-0.15, -0.1) is 5.10 Å². The maximum Gasteiger partial charge on any atom is 0.335 e. The van der Waals surface area contributed by atoms with Crippen LogP contribution in [-0.2, 0) is 4.74 Å². The minimum atomic E-state index is -0.948. The second kappa shape index (κ2) is 9.73. The smallest absolute Gasteiger partial charge is 0.335 e. The number of carboxylic acids is 1. The zero-order valence-corrected chi connectivity index (χ0v) is 16.7. The van der Waals surface area contributed by atoms with Gasteiger partial charge in [-0.1, -0.05) is 19.1 Å². The number of benzene rings is 1. The van der Waals surface area contributed by atoms with E-state index < -0.39 is 5.97 Å². The standard InChI is InChI=1S/C22H26N4O3/c1-3-4-9-19(29-2)10-5-7-18-8-6-11-20-24-22(25-26(18)20)23-17-14-12-16(13-15-17)21(27)28/h4,6,9-15,18H,3,5,7-8H2,1-2H3,(H,23,25)(H,27,28). The molecule has 1 aromatic carbocycles. The van der Waals surface area contributed by atoms with E-state index in [0.717, 1.165) is 43.0 Å². The third kappa shape index (κ3) is 5.34. The molecular weight excluding hydrogens is 368 g/mol. The molecule has 1 aliphatic heterocycles. The molecule has 152 valence electrons. The van der Waals surface area contributed by atoms with Crippen LogP contribution in [0.2, 0.25) is 0 Å². The molecule has 1 aliphatic rings. The fraction of sp³-hybridized carbons (Fsp3) is 0.318. The summed E-state index contributed by atoms with van der Waals surface area (Å²) in [6.45, 7) is 2.09. The number of nitrogens with one attached hydrogen (secondary N) is 1. The first kappa shape index (κ1) is 20.4. The van der Waals surface area contributed by atoms with Gasteiger partial charge in [0.25, 0.3) is 0 Å². The fourth-order valence-electron chi connectivity index (χ4n) is 3.14. The van der Waals surface area contributed by atoms with Crippen molar-refractivity contribution in [3.8, 4) is 0 Å². The number of methoxy groups -OCH3 is 1. The van der Waals surface area contributed by atoms with E-state index in [9.17, 15) is 4.79 Å². The van der Waals surface area contributed by atoms with Gasteiger partial charge in [0, 0.05) is 5.69 Å². The summed E-state index contributed by atoms with van der Waals surface area (Å²) in [5, 5.41) is 16.8. The molecule has 2 heterocycles. The van der Waals surface area contributed by atoms with Gasteiger partial charge in [-0.3, -0.25) is 0 Å². The number of carboxylic acid groups (broad SMARTS) is 1. The Balaban J connectivity index is 1.66. The van der Waals surface area contributed by atoms with Crippen molar-refractivity contribution >= 4 is 23.7 Å². The fourth-order valence-corrected chi connectivity index (χ4v) is 3.14. The number of aromatic carboxylic acids is 1. The molecule has 1 aromatic heterocycles. The Bertz CT molecular complexity index is 926. The minimum Gasteiger partial charge on any atom is -0.497 e. The molecule has 0 amide bonds. The van der Waals surface area contributed by atoms with Crippen molar-refractivity contribution in [2.24, 2.45) is 0 Å². The molecule has 0 saturated carbocycles. The molecule has 0 saturated heterocycles. The Morgan fingerprint density at radius 1 is 1.38 bits per heavy atom. The summed E-state index contributed by atoms with van der Waals surface area (Å²) < 4.78 is 7.34. The van der Waals surface area contributed by atoms with Gasteiger partial charge in [-0.2, -0.15) is 4.98 Å². The number of hydrogen-bond donors (Lipinski definition) is 2. The van der Waals surface area contributed by atoms with Crippen LogP contribution in [-0.4, -0.2) is 33.0 Å². The molecule has 0 fully saturated rings. The Morgan fingerprint density at radius 3 is 2.86 bits per heavy atom. The molecule has 0 radical (unpaired) electrons. The highest BCUT2D eigenvalue weighted by atomic mass is 16.5. The first-order valence-electron chi connectivity index (χ1n) is 9.75. The molecule has 2 N–H and O–H groups in total. The quantitative estimate of drug-likeness (QED) is 0.462. The zero-order chi connectivity index (χ0) is 20.6. The molecular formula is C22H26N4O3. The summed E-state index contributed by atoms with van der Waals surface area (Å²) in [6.07, 6.45) is 14.0. The summed E-state index contributed by atoms with van der Waals surface area (Å²) in [4.78, 5) is 15.5. The Labute approximate surface area is 170 Å². The summed E-state index contributed by atoms with van der Waals surface area (Å²) in [7, 11) is 1.69. The highest BCUT2D eigenvalue weighted by Gasteiger charge is 2.19. The molecule has 29 heavy (non-hydrogen) atoms. The van der Waals surface area contributed by atoms with Crippen molar-refractivity contribution in [3.05, 3.63) is 65.7 Å². The molecule has 2 aromatic rings. The van der Waals surface area contributed by atoms with E-state index in [4.69, 9.17) is 9.84 Å². The van der Waals surface area contributed by atoms with Crippen molar-refractivity contribution in [1.29, 1.82) is 0 Å². The Hall–Kier alpha value is -3.35. The van der Waals surface area contributed by atoms with Crippen LogP contribution in [0, 0.1) is 0 Å². The second-order valence-corrected chi connectivity index (χ2v) is 6.74. The van der Waals surface area contributed by atoms with Gasteiger partial charge in [0.15, 0.2) is 5.82 Å².